The van der Waals surface area contributed by atoms with Crippen molar-refractivity contribution in [3.05, 3.63) is 24.9 Å². The van der Waals surface area contributed by atoms with Crippen LogP contribution in [0.5, 0.6) is 0 Å². The van der Waals surface area contributed by atoms with Crippen molar-refractivity contribution in [2.45, 2.75) is 26.2 Å². The first-order chi connectivity index (χ1) is 5.77. The summed E-state index contributed by atoms with van der Waals surface area (Å²) in [6, 6.07) is 0. The maximum absolute atomic E-state index is 3.96. The molecule has 0 aromatic rings. The molecule has 0 aromatic heterocycles. The summed E-state index contributed by atoms with van der Waals surface area (Å²) in [5, 5.41) is 0. The first-order valence-corrected chi connectivity index (χ1v) is 4.84. The Labute approximate surface area is 75.8 Å². The number of rotatable bonds is 3. The molecule has 0 aromatic carbocycles. The zero-order chi connectivity index (χ0) is 8.97. The zero-order valence-corrected chi connectivity index (χ0v) is 8.05. The second-order valence-electron chi connectivity index (χ2n) is 3.53. The highest BCUT2D eigenvalue weighted by atomic mass is 15.1. The van der Waals surface area contributed by atoms with E-state index in [0.29, 0.717) is 0 Å². The molecule has 0 spiro atoms. The molecule has 1 nitrogen and oxygen atoms in total. The van der Waals surface area contributed by atoms with E-state index in [1.807, 2.05) is 6.08 Å². The van der Waals surface area contributed by atoms with Gasteiger partial charge in [0.2, 0.25) is 0 Å². The fourth-order valence-electron chi connectivity index (χ4n) is 1.76. The van der Waals surface area contributed by atoms with Crippen molar-refractivity contribution in [1.82, 2.24) is 4.90 Å². The van der Waals surface area contributed by atoms with Crippen LogP contribution in [0.3, 0.4) is 0 Å². The molecule has 1 fully saturated rings. The molecule has 1 heteroatoms. The van der Waals surface area contributed by atoms with E-state index < -0.39 is 0 Å². The van der Waals surface area contributed by atoms with Gasteiger partial charge in [-0.1, -0.05) is 26.5 Å². The highest BCUT2D eigenvalue weighted by Gasteiger charge is 2.16. The first-order valence-electron chi connectivity index (χ1n) is 4.84. The molecule has 1 aliphatic heterocycles. The van der Waals surface area contributed by atoms with Crippen LogP contribution < -0.4 is 0 Å². The van der Waals surface area contributed by atoms with Crippen LogP contribution in [0.15, 0.2) is 24.9 Å². The molecule has 1 heterocycles. The smallest absolute Gasteiger partial charge is 0.0287 e. The van der Waals surface area contributed by atoms with Gasteiger partial charge < -0.3 is 4.90 Å². The van der Waals surface area contributed by atoms with Crippen molar-refractivity contribution in [3.63, 3.8) is 0 Å². The summed E-state index contributed by atoms with van der Waals surface area (Å²) in [6.45, 7) is 12.3. The maximum Gasteiger partial charge on any atom is 0.0287 e. The standard InChI is InChI=1S/C11H19N/c1-4-10(3)12-8-6-11(5-2)7-9-12/h4,11H,1,3,5-9H2,2H3. The lowest BCUT2D eigenvalue weighted by atomic mass is 9.94. The minimum Gasteiger partial charge on any atom is -0.372 e. The van der Waals surface area contributed by atoms with Gasteiger partial charge in [-0.2, -0.15) is 0 Å². The average Bonchev–Trinajstić information content (AvgIpc) is 2.17. The number of hydrogen-bond acceptors (Lipinski definition) is 1. The molecule has 12 heavy (non-hydrogen) atoms. The third kappa shape index (κ3) is 2.13. The van der Waals surface area contributed by atoms with Gasteiger partial charge in [-0.05, 0) is 24.8 Å². The van der Waals surface area contributed by atoms with E-state index in [2.05, 4.69) is 25.0 Å². The fraction of sp³-hybridized carbons (Fsp3) is 0.636. The lowest BCUT2D eigenvalue weighted by Gasteiger charge is -2.33. The third-order valence-corrected chi connectivity index (χ3v) is 2.83. The lowest BCUT2D eigenvalue weighted by Crippen LogP contribution is -2.31. The Balaban J connectivity index is 2.35. The molecule has 0 radical (unpaired) electrons. The van der Waals surface area contributed by atoms with E-state index in [4.69, 9.17) is 0 Å². The Morgan fingerprint density at radius 1 is 1.50 bits per heavy atom. The molecule has 1 saturated heterocycles. The summed E-state index contributed by atoms with van der Waals surface area (Å²) >= 11 is 0. The van der Waals surface area contributed by atoms with Gasteiger partial charge in [-0.25, -0.2) is 0 Å². The van der Waals surface area contributed by atoms with E-state index in [9.17, 15) is 0 Å². The summed E-state index contributed by atoms with van der Waals surface area (Å²) in [4.78, 5) is 2.33. The second kappa shape index (κ2) is 4.34. The molecule has 1 rings (SSSR count). The number of likely N-dealkylation sites (tertiary alicyclic amines) is 1. The topological polar surface area (TPSA) is 3.24 Å². The molecule has 0 amide bonds. The Morgan fingerprint density at radius 3 is 2.50 bits per heavy atom. The van der Waals surface area contributed by atoms with E-state index in [-0.39, 0.29) is 0 Å². The van der Waals surface area contributed by atoms with Crippen LogP contribution in [0.1, 0.15) is 26.2 Å². The van der Waals surface area contributed by atoms with Crippen LogP contribution in [0.2, 0.25) is 0 Å². The number of hydrogen-bond donors (Lipinski definition) is 0. The average molecular weight is 165 g/mol. The Morgan fingerprint density at radius 2 is 2.08 bits per heavy atom. The van der Waals surface area contributed by atoms with Gasteiger partial charge in [0, 0.05) is 18.8 Å². The van der Waals surface area contributed by atoms with Crippen molar-refractivity contribution in [1.29, 1.82) is 0 Å². The molecule has 0 unspecified atom stereocenters. The molecule has 0 aliphatic carbocycles. The van der Waals surface area contributed by atoms with Gasteiger partial charge >= 0.3 is 0 Å². The maximum atomic E-state index is 3.96. The molecule has 0 saturated carbocycles. The predicted octanol–water partition coefficient (Wildman–Crippen LogP) is 2.81. The van der Waals surface area contributed by atoms with Crippen molar-refractivity contribution < 1.29 is 0 Å². The van der Waals surface area contributed by atoms with Crippen LogP contribution in [0, 0.1) is 5.92 Å². The highest BCUT2D eigenvalue weighted by molar-refractivity contribution is 5.10. The predicted molar refractivity (Wildman–Crippen MR) is 53.9 cm³/mol. The minimum atomic E-state index is 0.943. The van der Waals surface area contributed by atoms with E-state index in [0.717, 1.165) is 11.6 Å². The van der Waals surface area contributed by atoms with Crippen molar-refractivity contribution in [2.24, 2.45) is 5.92 Å². The van der Waals surface area contributed by atoms with E-state index in [1.54, 1.807) is 0 Å². The number of piperidine rings is 1. The van der Waals surface area contributed by atoms with Crippen molar-refractivity contribution >= 4 is 0 Å². The Kier molecular flexibility index (Phi) is 3.39. The van der Waals surface area contributed by atoms with Crippen LogP contribution >= 0.6 is 0 Å². The molecule has 0 atom stereocenters. The number of allylic oxidation sites excluding steroid dienone is 1. The summed E-state index contributed by atoms with van der Waals surface area (Å²) in [5.41, 5.74) is 1.09. The van der Waals surface area contributed by atoms with Crippen LogP contribution in [0.25, 0.3) is 0 Å². The van der Waals surface area contributed by atoms with Crippen LogP contribution in [-0.2, 0) is 0 Å². The normalized spacial score (nSPS) is 19.2. The summed E-state index contributed by atoms with van der Waals surface area (Å²) in [6.07, 6.45) is 5.83. The zero-order valence-electron chi connectivity index (χ0n) is 8.05. The van der Waals surface area contributed by atoms with Gasteiger partial charge in [-0.15, -0.1) is 0 Å². The van der Waals surface area contributed by atoms with Gasteiger partial charge in [0.15, 0.2) is 0 Å². The van der Waals surface area contributed by atoms with Crippen molar-refractivity contribution in [2.75, 3.05) is 13.1 Å². The second-order valence-corrected chi connectivity index (χ2v) is 3.53. The quantitative estimate of drug-likeness (QED) is 0.581. The molecular formula is C11H19N. The van der Waals surface area contributed by atoms with Crippen LogP contribution in [0.4, 0.5) is 0 Å². The van der Waals surface area contributed by atoms with Gasteiger partial charge in [0.1, 0.15) is 0 Å². The van der Waals surface area contributed by atoms with Gasteiger partial charge in [-0.3, -0.25) is 0 Å². The third-order valence-electron chi connectivity index (χ3n) is 2.83. The Bertz CT molecular complexity index is 164. The monoisotopic (exact) mass is 165 g/mol. The molecular weight excluding hydrogens is 146 g/mol. The molecule has 68 valence electrons. The van der Waals surface area contributed by atoms with Gasteiger partial charge in [0.05, 0.1) is 0 Å². The summed E-state index contributed by atoms with van der Waals surface area (Å²) in [5.74, 6) is 0.943. The number of nitrogens with zero attached hydrogens (tertiary/aromatic N) is 1. The lowest BCUT2D eigenvalue weighted by molar-refractivity contribution is 0.229. The molecule has 0 N–H and O–H groups in total. The summed E-state index contributed by atoms with van der Waals surface area (Å²) in [7, 11) is 0. The van der Waals surface area contributed by atoms with Crippen molar-refractivity contribution in [3.8, 4) is 0 Å². The van der Waals surface area contributed by atoms with Gasteiger partial charge in [0.25, 0.3) is 0 Å². The highest BCUT2D eigenvalue weighted by Crippen LogP contribution is 2.22. The van der Waals surface area contributed by atoms with E-state index >= 15 is 0 Å². The largest absolute Gasteiger partial charge is 0.372 e. The molecule has 1 aliphatic rings. The molecule has 0 bridgehead atoms. The SMILES string of the molecule is C=CC(=C)N1CCC(CC)CC1. The van der Waals surface area contributed by atoms with Crippen LogP contribution in [-0.4, -0.2) is 18.0 Å². The summed E-state index contributed by atoms with van der Waals surface area (Å²) < 4.78 is 0. The Hall–Kier alpha value is -0.720. The van der Waals surface area contributed by atoms with E-state index in [1.165, 1.54) is 32.4 Å². The fourth-order valence-corrected chi connectivity index (χ4v) is 1.76. The first kappa shape index (κ1) is 9.37. The minimum absolute atomic E-state index is 0.943.